The second-order valence-electron chi connectivity index (χ2n) is 5.43. The third kappa shape index (κ3) is 3.52. The molecule has 0 saturated carbocycles. The quantitative estimate of drug-likeness (QED) is 0.915. The molecule has 2 heterocycles. The second-order valence-corrected chi connectivity index (χ2v) is 5.43. The van der Waals surface area contributed by atoms with Gasteiger partial charge in [-0.1, -0.05) is 24.3 Å². The van der Waals surface area contributed by atoms with Crippen molar-refractivity contribution in [2.24, 2.45) is 0 Å². The molecule has 1 aliphatic heterocycles. The summed E-state index contributed by atoms with van der Waals surface area (Å²) in [6.45, 7) is 5.51. The zero-order valence-electron chi connectivity index (χ0n) is 12.5. The van der Waals surface area contributed by atoms with Crippen LogP contribution in [0.2, 0.25) is 0 Å². The molecule has 3 rings (SSSR count). The lowest BCUT2D eigenvalue weighted by atomic mass is 9.98. The number of piperidine rings is 1. The average molecular weight is 286 g/mol. The van der Waals surface area contributed by atoms with Gasteiger partial charge in [0.25, 0.3) is 0 Å². The summed E-state index contributed by atoms with van der Waals surface area (Å²) in [5.74, 6) is 1.34. The summed E-state index contributed by atoms with van der Waals surface area (Å²) in [4.78, 5) is 4.67. The van der Waals surface area contributed by atoms with E-state index in [1.54, 1.807) is 6.26 Å². The third-order valence-electron chi connectivity index (χ3n) is 3.93. The van der Waals surface area contributed by atoms with Gasteiger partial charge in [0.15, 0.2) is 5.89 Å². The molecule has 0 atom stereocenters. The van der Waals surface area contributed by atoms with Crippen molar-refractivity contribution >= 4 is 0 Å². The lowest BCUT2D eigenvalue weighted by Gasteiger charge is -2.19. The average Bonchev–Trinajstić information content (AvgIpc) is 3.04. The van der Waals surface area contributed by atoms with Crippen LogP contribution in [-0.2, 0) is 11.3 Å². The van der Waals surface area contributed by atoms with Crippen molar-refractivity contribution in [2.75, 3.05) is 19.7 Å². The first-order valence-corrected chi connectivity index (χ1v) is 7.70. The Bertz CT molecular complexity index is 556. The van der Waals surface area contributed by atoms with E-state index in [4.69, 9.17) is 9.15 Å². The maximum Gasteiger partial charge on any atom is 0.197 e. The highest BCUT2D eigenvalue weighted by Crippen LogP contribution is 2.27. The van der Waals surface area contributed by atoms with Gasteiger partial charge >= 0.3 is 0 Å². The van der Waals surface area contributed by atoms with Gasteiger partial charge < -0.3 is 14.5 Å². The fourth-order valence-corrected chi connectivity index (χ4v) is 2.67. The summed E-state index contributed by atoms with van der Waals surface area (Å²) in [6, 6.07) is 8.34. The number of nitrogens with one attached hydrogen (secondary N) is 1. The summed E-state index contributed by atoms with van der Waals surface area (Å²) < 4.78 is 11.1. The van der Waals surface area contributed by atoms with E-state index < -0.39 is 0 Å². The fraction of sp³-hybridized carbons (Fsp3) is 0.471. The van der Waals surface area contributed by atoms with Crippen LogP contribution in [0.1, 0.15) is 37.1 Å². The van der Waals surface area contributed by atoms with E-state index in [-0.39, 0.29) is 0 Å². The van der Waals surface area contributed by atoms with Crippen LogP contribution in [0.5, 0.6) is 0 Å². The van der Waals surface area contributed by atoms with Crippen LogP contribution in [0.3, 0.4) is 0 Å². The van der Waals surface area contributed by atoms with Crippen molar-refractivity contribution in [3.8, 4) is 11.3 Å². The van der Waals surface area contributed by atoms with Crippen molar-refractivity contribution in [1.29, 1.82) is 0 Å². The van der Waals surface area contributed by atoms with E-state index in [1.807, 2.05) is 6.92 Å². The molecule has 0 bridgehead atoms. The van der Waals surface area contributed by atoms with E-state index in [2.05, 4.69) is 34.6 Å². The zero-order chi connectivity index (χ0) is 14.5. The molecular weight excluding hydrogens is 264 g/mol. The van der Waals surface area contributed by atoms with Crippen LogP contribution in [0, 0.1) is 0 Å². The first-order valence-electron chi connectivity index (χ1n) is 7.70. The van der Waals surface area contributed by atoms with Crippen LogP contribution < -0.4 is 5.32 Å². The Hall–Kier alpha value is -1.65. The highest BCUT2D eigenvalue weighted by atomic mass is 16.5. The highest BCUT2D eigenvalue weighted by molar-refractivity contribution is 5.58. The van der Waals surface area contributed by atoms with Gasteiger partial charge in [-0.05, 0) is 38.4 Å². The topological polar surface area (TPSA) is 47.3 Å². The predicted octanol–water partition coefficient (Wildman–Crippen LogP) is 3.35. The molecule has 0 radical (unpaired) electrons. The SMILES string of the molecule is CCOCc1ccc(-c2coc(C3CCNCC3)n2)cc1. The van der Waals surface area contributed by atoms with Crippen molar-refractivity contribution in [3.63, 3.8) is 0 Å². The standard InChI is InChI=1S/C17H22N2O2/c1-2-20-11-13-3-5-14(6-4-13)16-12-21-17(19-16)15-7-9-18-10-8-15/h3-6,12,15,18H,2,7-11H2,1H3. The summed E-state index contributed by atoms with van der Waals surface area (Å²) in [7, 11) is 0. The van der Waals surface area contributed by atoms with E-state index in [0.717, 1.165) is 49.7 Å². The van der Waals surface area contributed by atoms with Gasteiger partial charge in [-0.3, -0.25) is 0 Å². The molecule has 4 nitrogen and oxygen atoms in total. The number of benzene rings is 1. The van der Waals surface area contributed by atoms with Crippen LogP contribution in [0.15, 0.2) is 34.9 Å². The Labute approximate surface area is 125 Å². The molecule has 0 spiro atoms. The lowest BCUT2D eigenvalue weighted by molar-refractivity contribution is 0.134. The van der Waals surface area contributed by atoms with Gasteiger partial charge in [0.05, 0.1) is 6.61 Å². The molecule has 0 aliphatic carbocycles. The maximum absolute atomic E-state index is 5.69. The van der Waals surface area contributed by atoms with Crippen molar-refractivity contribution in [3.05, 3.63) is 42.0 Å². The number of aromatic nitrogens is 1. The van der Waals surface area contributed by atoms with Gasteiger partial charge in [-0.25, -0.2) is 4.98 Å². The van der Waals surface area contributed by atoms with Gasteiger partial charge in [-0.2, -0.15) is 0 Å². The molecular formula is C17H22N2O2. The molecule has 112 valence electrons. The summed E-state index contributed by atoms with van der Waals surface area (Å²) in [6.07, 6.45) is 3.98. The van der Waals surface area contributed by atoms with Gasteiger partial charge in [0.1, 0.15) is 12.0 Å². The number of nitrogens with zero attached hydrogens (tertiary/aromatic N) is 1. The summed E-state index contributed by atoms with van der Waals surface area (Å²) in [5, 5.41) is 3.36. The van der Waals surface area contributed by atoms with Crippen molar-refractivity contribution < 1.29 is 9.15 Å². The maximum atomic E-state index is 5.69. The van der Waals surface area contributed by atoms with Gasteiger partial charge in [0.2, 0.25) is 0 Å². The fourth-order valence-electron chi connectivity index (χ4n) is 2.67. The normalized spacial score (nSPS) is 16.2. The second kappa shape index (κ2) is 6.87. The monoisotopic (exact) mass is 286 g/mol. The molecule has 0 amide bonds. The molecule has 1 aliphatic rings. The molecule has 2 aromatic rings. The number of hydrogen-bond donors (Lipinski definition) is 1. The minimum atomic E-state index is 0.456. The molecule has 0 unspecified atom stereocenters. The van der Waals surface area contributed by atoms with Crippen LogP contribution in [0.4, 0.5) is 0 Å². The summed E-state index contributed by atoms with van der Waals surface area (Å²) >= 11 is 0. The number of oxazole rings is 1. The Morgan fingerprint density at radius 1 is 1.24 bits per heavy atom. The molecule has 1 saturated heterocycles. The largest absolute Gasteiger partial charge is 0.448 e. The lowest BCUT2D eigenvalue weighted by Crippen LogP contribution is -2.26. The highest BCUT2D eigenvalue weighted by Gasteiger charge is 2.20. The Kier molecular flexibility index (Phi) is 4.68. The van der Waals surface area contributed by atoms with E-state index in [1.165, 1.54) is 5.56 Å². The first-order chi connectivity index (χ1) is 10.4. The Morgan fingerprint density at radius 2 is 2.00 bits per heavy atom. The molecule has 1 fully saturated rings. The first kappa shape index (κ1) is 14.3. The minimum absolute atomic E-state index is 0.456. The van der Waals surface area contributed by atoms with Crippen LogP contribution in [0.25, 0.3) is 11.3 Å². The van der Waals surface area contributed by atoms with Gasteiger partial charge in [-0.15, -0.1) is 0 Å². The van der Waals surface area contributed by atoms with E-state index >= 15 is 0 Å². The smallest absolute Gasteiger partial charge is 0.197 e. The molecule has 1 aromatic heterocycles. The predicted molar refractivity (Wildman–Crippen MR) is 82.1 cm³/mol. The molecule has 4 heteroatoms. The Morgan fingerprint density at radius 3 is 2.71 bits per heavy atom. The number of ether oxygens (including phenoxy) is 1. The third-order valence-corrected chi connectivity index (χ3v) is 3.93. The summed E-state index contributed by atoms with van der Waals surface area (Å²) in [5.41, 5.74) is 3.20. The number of rotatable bonds is 5. The van der Waals surface area contributed by atoms with Crippen LogP contribution in [-0.4, -0.2) is 24.7 Å². The minimum Gasteiger partial charge on any atom is -0.448 e. The molecule has 21 heavy (non-hydrogen) atoms. The van der Waals surface area contributed by atoms with Crippen LogP contribution >= 0.6 is 0 Å². The van der Waals surface area contributed by atoms with E-state index in [0.29, 0.717) is 12.5 Å². The van der Waals surface area contributed by atoms with E-state index in [9.17, 15) is 0 Å². The Balaban J connectivity index is 1.70. The van der Waals surface area contributed by atoms with Crippen molar-refractivity contribution in [2.45, 2.75) is 32.3 Å². The molecule has 1 aromatic carbocycles. The zero-order valence-corrected chi connectivity index (χ0v) is 12.5. The molecule has 1 N–H and O–H groups in total. The van der Waals surface area contributed by atoms with Crippen molar-refractivity contribution in [1.82, 2.24) is 10.3 Å². The number of hydrogen-bond acceptors (Lipinski definition) is 4. The van der Waals surface area contributed by atoms with Gasteiger partial charge in [0, 0.05) is 18.1 Å².